The van der Waals surface area contributed by atoms with Gasteiger partial charge in [0.15, 0.2) is 0 Å². The van der Waals surface area contributed by atoms with E-state index >= 15 is 0 Å². The van der Waals surface area contributed by atoms with E-state index < -0.39 is 23.4 Å². The Hall–Kier alpha value is -3.15. The predicted molar refractivity (Wildman–Crippen MR) is 90.9 cm³/mol. The van der Waals surface area contributed by atoms with Gasteiger partial charge in [-0.05, 0) is 17.7 Å². The number of urea groups is 1. The standard InChI is InChI=1S/C19H18N2O4/c1-20-16(22)19(17(23)21(2)18(20)24,13-14-9-5-3-6-10-14)25-15-11-7-4-8-12-15/h3-12H,13H2,1-2H3. The van der Waals surface area contributed by atoms with E-state index in [1.165, 1.54) is 14.1 Å². The molecule has 4 amide bonds. The number of para-hydroxylation sites is 1. The largest absolute Gasteiger partial charge is 0.467 e. The van der Waals surface area contributed by atoms with Crippen LogP contribution in [0.2, 0.25) is 0 Å². The summed E-state index contributed by atoms with van der Waals surface area (Å²) >= 11 is 0. The van der Waals surface area contributed by atoms with Gasteiger partial charge in [0.25, 0.3) is 17.4 Å². The summed E-state index contributed by atoms with van der Waals surface area (Å²) in [5.41, 5.74) is -1.06. The molecule has 0 N–H and O–H groups in total. The first-order valence-corrected chi connectivity index (χ1v) is 7.84. The Labute approximate surface area is 145 Å². The van der Waals surface area contributed by atoms with Crippen molar-refractivity contribution >= 4 is 17.8 Å². The van der Waals surface area contributed by atoms with Crippen LogP contribution in [0.1, 0.15) is 5.56 Å². The van der Waals surface area contributed by atoms with Crippen molar-refractivity contribution in [1.82, 2.24) is 9.80 Å². The van der Waals surface area contributed by atoms with E-state index in [9.17, 15) is 14.4 Å². The fraction of sp³-hybridized carbons (Fsp3) is 0.211. The first-order valence-electron chi connectivity index (χ1n) is 7.84. The summed E-state index contributed by atoms with van der Waals surface area (Å²) in [6.07, 6.45) is 0.0301. The average molecular weight is 338 g/mol. The van der Waals surface area contributed by atoms with Crippen LogP contribution in [0, 0.1) is 0 Å². The number of hydrogen-bond acceptors (Lipinski definition) is 4. The Bertz CT molecular complexity index is 737. The highest BCUT2D eigenvalue weighted by molar-refractivity contribution is 6.21. The van der Waals surface area contributed by atoms with E-state index in [0.717, 1.165) is 15.4 Å². The van der Waals surface area contributed by atoms with Gasteiger partial charge in [-0.25, -0.2) is 4.79 Å². The molecule has 0 saturated carbocycles. The molecule has 0 unspecified atom stereocenters. The van der Waals surface area contributed by atoms with Crippen molar-refractivity contribution in [3.05, 3.63) is 66.2 Å². The molecule has 6 heteroatoms. The van der Waals surface area contributed by atoms with Gasteiger partial charge in [0.1, 0.15) is 5.75 Å². The highest BCUT2D eigenvalue weighted by Crippen LogP contribution is 2.30. The quantitative estimate of drug-likeness (QED) is 0.801. The number of nitrogens with zero attached hydrogens (tertiary/aromatic N) is 2. The molecular weight excluding hydrogens is 320 g/mol. The molecule has 6 nitrogen and oxygen atoms in total. The molecule has 0 aromatic heterocycles. The molecule has 0 aliphatic carbocycles. The summed E-state index contributed by atoms with van der Waals surface area (Å²) < 4.78 is 5.93. The third-order valence-corrected chi connectivity index (χ3v) is 4.21. The lowest BCUT2D eigenvalue weighted by atomic mass is 9.89. The molecule has 3 rings (SSSR count). The minimum absolute atomic E-state index is 0.0301. The van der Waals surface area contributed by atoms with Gasteiger partial charge in [-0.3, -0.25) is 19.4 Å². The summed E-state index contributed by atoms with van der Waals surface area (Å²) in [6.45, 7) is 0. The maximum Gasteiger partial charge on any atom is 0.333 e. The Balaban J connectivity index is 2.09. The Kier molecular flexibility index (Phi) is 4.27. The molecule has 25 heavy (non-hydrogen) atoms. The van der Waals surface area contributed by atoms with Crippen LogP contribution in [0.4, 0.5) is 4.79 Å². The number of benzene rings is 2. The van der Waals surface area contributed by atoms with Crippen molar-refractivity contribution in [1.29, 1.82) is 0 Å². The normalized spacial score (nSPS) is 17.0. The summed E-state index contributed by atoms with van der Waals surface area (Å²) in [5.74, 6) is -0.960. The van der Waals surface area contributed by atoms with Crippen LogP contribution < -0.4 is 4.74 Å². The topological polar surface area (TPSA) is 66.9 Å². The predicted octanol–water partition coefficient (Wildman–Crippen LogP) is 2.10. The number of rotatable bonds is 4. The van der Waals surface area contributed by atoms with E-state index in [2.05, 4.69) is 0 Å². The second-order valence-corrected chi connectivity index (χ2v) is 5.92. The molecule has 128 valence electrons. The third kappa shape index (κ3) is 2.87. The molecule has 2 aromatic rings. The molecule has 1 aliphatic rings. The monoisotopic (exact) mass is 338 g/mol. The summed E-state index contributed by atoms with van der Waals surface area (Å²) in [7, 11) is 2.70. The van der Waals surface area contributed by atoms with Gasteiger partial charge < -0.3 is 4.74 Å². The van der Waals surface area contributed by atoms with E-state index in [4.69, 9.17) is 4.74 Å². The van der Waals surface area contributed by atoms with Crippen molar-refractivity contribution in [2.75, 3.05) is 14.1 Å². The number of carbonyl (C=O) groups is 3. The van der Waals surface area contributed by atoms with E-state index in [1.807, 2.05) is 36.4 Å². The second kappa shape index (κ2) is 6.39. The number of amides is 4. The third-order valence-electron chi connectivity index (χ3n) is 4.21. The number of ether oxygens (including phenoxy) is 1. The fourth-order valence-corrected chi connectivity index (χ4v) is 2.88. The Morgan fingerprint density at radius 3 is 1.80 bits per heavy atom. The van der Waals surface area contributed by atoms with Crippen LogP contribution in [0.5, 0.6) is 5.75 Å². The zero-order chi connectivity index (χ0) is 18.0. The number of imide groups is 2. The molecule has 1 aliphatic heterocycles. The summed E-state index contributed by atoms with van der Waals surface area (Å²) in [4.78, 5) is 39.9. The van der Waals surface area contributed by atoms with Crippen molar-refractivity contribution in [3.8, 4) is 5.75 Å². The molecule has 1 saturated heterocycles. The van der Waals surface area contributed by atoms with Crippen molar-refractivity contribution in [3.63, 3.8) is 0 Å². The minimum atomic E-state index is -1.82. The smallest absolute Gasteiger partial charge is 0.333 e. The highest BCUT2D eigenvalue weighted by Gasteiger charge is 2.58. The first kappa shape index (κ1) is 16.7. The van der Waals surface area contributed by atoms with Gasteiger partial charge in [-0.15, -0.1) is 0 Å². The molecule has 0 radical (unpaired) electrons. The maximum absolute atomic E-state index is 13.0. The number of carbonyl (C=O) groups excluding carboxylic acids is 3. The van der Waals surface area contributed by atoms with Crippen molar-refractivity contribution < 1.29 is 19.1 Å². The van der Waals surface area contributed by atoms with E-state index in [1.54, 1.807) is 24.3 Å². The molecule has 1 fully saturated rings. The molecule has 1 heterocycles. The van der Waals surface area contributed by atoms with Gasteiger partial charge in [0.05, 0.1) is 0 Å². The van der Waals surface area contributed by atoms with Crippen LogP contribution in [0.15, 0.2) is 60.7 Å². The average Bonchev–Trinajstić information content (AvgIpc) is 2.65. The van der Waals surface area contributed by atoms with E-state index in [0.29, 0.717) is 5.75 Å². The van der Waals surface area contributed by atoms with Gasteiger partial charge >= 0.3 is 6.03 Å². The zero-order valence-corrected chi connectivity index (χ0v) is 14.0. The van der Waals surface area contributed by atoms with Gasteiger partial charge in [0.2, 0.25) is 0 Å². The van der Waals surface area contributed by atoms with Crippen LogP contribution in [0.3, 0.4) is 0 Å². The fourth-order valence-electron chi connectivity index (χ4n) is 2.88. The van der Waals surface area contributed by atoms with Crippen LogP contribution in [-0.4, -0.2) is 47.3 Å². The molecule has 2 aromatic carbocycles. The minimum Gasteiger partial charge on any atom is -0.467 e. The molecular formula is C19H18N2O4. The lowest BCUT2D eigenvalue weighted by Gasteiger charge is -2.41. The number of likely N-dealkylation sites (N-methyl/N-ethyl adjacent to an activating group) is 2. The first-order chi connectivity index (χ1) is 12.0. The lowest BCUT2D eigenvalue weighted by molar-refractivity contribution is -0.164. The van der Waals surface area contributed by atoms with Crippen LogP contribution in [0.25, 0.3) is 0 Å². The molecule has 0 bridgehead atoms. The SMILES string of the molecule is CN1C(=O)N(C)C(=O)C(Cc2ccccc2)(Oc2ccccc2)C1=O. The van der Waals surface area contributed by atoms with Gasteiger partial charge in [-0.1, -0.05) is 48.5 Å². The van der Waals surface area contributed by atoms with Crippen LogP contribution in [-0.2, 0) is 16.0 Å². The molecule has 0 spiro atoms. The lowest BCUT2D eigenvalue weighted by Crippen LogP contribution is -2.70. The molecule has 0 atom stereocenters. The zero-order valence-electron chi connectivity index (χ0n) is 14.0. The summed E-state index contributed by atoms with van der Waals surface area (Å²) in [6, 6.07) is 17.1. The second-order valence-electron chi connectivity index (χ2n) is 5.92. The van der Waals surface area contributed by atoms with Gasteiger partial charge in [0, 0.05) is 20.5 Å². The van der Waals surface area contributed by atoms with Crippen LogP contribution >= 0.6 is 0 Å². The number of hydrogen-bond donors (Lipinski definition) is 0. The number of barbiturate groups is 1. The van der Waals surface area contributed by atoms with Crippen molar-refractivity contribution in [2.24, 2.45) is 0 Å². The van der Waals surface area contributed by atoms with Gasteiger partial charge in [-0.2, -0.15) is 0 Å². The van der Waals surface area contributed by atoms with E-state index in [-0.39, 0.29) is 6.42 Å². The Morgan fingerprint density at radius 2 is 1.28 bits per heavy atom. The van der Waals surface area contributed by atoms with Crippen molar-refractivity contribution in [2.45, 2.75) is 12.0 Å². The summed E-state index contributed by atoms with van der Waals surface area (Å²) in [5, 5.41) is 0. The Morgan fingerprint density at radius 1 is 0.800 bits per heavy atom. The maximum atomic E-state index is 13.0. The highest BCUT2D eigenvalue weighted by atomic mass is 16.5.